The van der Waals surface area contributed by atoms with Crippen molar-refractivity contribution < 1.29 is 4.18 Å². The van der Waals surface area contributed by atoms with Crippen molar-refractivity contribution in [3.63, 3.8) is 0 Å². The number of hydrogen-bond donors (Lipinski definition) is 0. The molecule has 4 heteroatoms. The van der Waals surface area contributed by atoms with Gasteiger partial charge in [-0.3, -0.25) is 9.59 Å². The third-order valence-corrected chi connectivity index (χ3v) is 7.16. The molecule has 4 aromatic rings. The first-order valence-corrected chi connectivity index (χ1v) is 13.0. The van der Waals surface area contributed by atoms with Crippen LogP contribution in [0.1, 0.15) is 71.1 Å². The molecule has 4 aromatic carbocycles. The van der Waals surface area contributed by atoms with Crippen LogP contribution in [0, 0.1) is 0 Å². The minimum absolute atomic E-state index is 0.417. The molecule has 3 nitrogen and oxygen atoms in total. The molecular weight excluding hydrogens is 416 g/mol. The van der Waals surface area contributed by atoms with Gasteiger partial charge in [-0.1, -0.05) is 89.0 Å². The van der Waals surface area contributed by atoms with Gasteiger partial charge in [0.25, 0.3) is 0 Å². The van der Waals surface area contributed by atoms with E-state index in [1.807, 2.05) is 30.3 Å². The minimum Gasteiger partial charge on any atom is -0.425 e. The third kappa shape index (κ3) is 4.85. The Kier molecular flexibility index (Phi) is 7.85. The molecule has 0 N–H and O–H groups in total. The van der Waals surface area contributed by atoms with Gasteiger partial charge in [0, 0.05) is 32.7 Å². The van der Waals surface area contributed by atoms with E-state index in [0.29, 0.717) is 10.8 Å². The van der Waals surface area contributed by atoms with E-state index in [2.05, 4.69) is 6.92 Å². The Morgan fingerprint density at radius 2 is 1.28 bits per heavy atom. The molecule has 0 aromatic heterocycles. The second kappa shape index (κ2) is 11.0. The van der Waals surface area contributed by atoms with Gasteiger partial charge in [0.2, 0.25) is 10.9 Å². The van der Waals surface area contributed by atoms with Gasteiger partial charge < -0.3 is 4.18 Å². The van der Waals surface area contributed by atoms with Crippen molar-refractivity contribution in [2.24, 2.45) is 0 Å². The van der Waals surface area contributed by atoms with Crippen LogP contribution < -0.4 is 15.0 Å². The highest BCUT2D eigenvalue weighted by atomic mass is 32.2. The molecule has 0 aliphatic rings. The molecule has 4 rings (SSSR count). The quantitative estimate of drug-likeness (QED) is 0.0910. The van der Waals surface area contributed by atoms with E-state index in [4.69, 9.17) is 4.18 Å². The lowest BCUT2D eigenvalue weighted by Crippen LogP contribution is -2.24. The monoisotopic (exact) mass is 448 g/mol. The first-order chi connectivity index (χ1) is 15.7. The Hall–Kier alpha value is -2.33. The Bertz CT molecular complexity index is 1270. The zero-order chi connectivity index (χ0) is 22.3. The van der Waals surface area contributed by atoms with Gasteiger partial charge in [0.15, 0.2) is 0 Å². The van der Waals surface area contributed by atoms with Gasteiger partial charge in [-0.05, 0) is 30.0 Å². The fourth-order valence-corrected chi connectivity index (χ4v) is 5.32. The van der Waals surface area contributed by atoms with Crippen molar-refractivity contribution in [2.75, 3.05) is 5.75 Å². The maximum absolute atomic E-state index is 12.6. The van der Waals surface area contributed by atoms with Crippen LogP contribution in [0.2, 0.25) is 0 Å². The van der Waals surface area contributed by atoms with Crippen molar-refractivity contribution in [1.29, 1.82) is 0 Å². The molecule has 168 valence electrons. The summed E-state index contributed by atoms with van der Waals surface area (Å²) < 4.78 is 6.05. The molecule has 0 fully saturated rings. The summed E-state index contributed by atoms with van der Waals surface area (Å²) in [4.78, 5) is 25.2. The molecule has 0 unspecified atom stereocenters. The summed E-state index contributed by atoms with van der Waals surface area (Å²) in [6.07, 6.45) is 13.3. The molecule has 0 aliphatic heterocycles. The van der Waals surface area contributed by atoms with E-state index >= 15 is 0 Å². The van der Waals surface area contributed by atoms with Gasteiger partial charge >= 0.3 is 0 Å². The second-order valence-corrected chi connectivity index (χ2v) is 9.56. The van der Waals surface area contributed by atoms with Crippen molar-refractivity contribution >= 4 is 44.4 Å². The maximum Gasteiger partial charge on any atom is 0.234 e. The van der Waals surface area contributed by atoms with Crippen LogP contribution >= 0.6 is 12.0 Å². The molecule has 0 bridgehead atoms. The van der Waals surface area contributed by atoms with Crippen LogP contribution in [0.15, 0.2) is 52.1 Å². The molecule has 0 saturated carbocycles. The number of benzene rings is 4. The van der Waals surface area contributed by atoms with Crippen LogP contribution in [0.4, 0.5) is 0 Å². The Labute approximate surface area is 194 Å². The first-order valence-electron chi connectivity index (χ1n) is 12.1. The summed E-state index contributed by atoms with van der Waals surface area (Å²) >= 11 is 1.48. The normalized spacial score (nSPS) is 11.8. The average molecular weight is 449 g/mol. The number of hydrogen-bond acceptors (Lipinski definition) is 4. The molecule has 0 saturated heterocycles. The molecule has 0 spiro atoms. The summed E-state index contributed by atoms with van der Waals surface area (Å²) in [6, 6.07) is 13.2. The highest BCUT2D eigenvalue weighted by molar-refractivity contribution is 7.95. The van der Waals surface area contributed by atoms with Crippen LogP contribution in [0.5, 0.6) is 5.75 Å². The van der Waals surface area contributed by atoms with Gasteiger partial charge in [-0.25, -0.2) is 0 Å². The van der Waals surface area contributed by atoms with E-state index in [9.17, 15) is 9.59 Å². The maximum atomic E-state index is 12.6. The Balaban J connectivity index is 1.33. The van der Waals surface area contributed by atoms with E-state index < -0.39 is 10.9 Å². The number of unbranched alkanes of at least 4 members (excludes halogenated alkanes) is 9. The minimum atomic E-state index is -0.425. The standard InChI is InChI=1S/C28H32O3S/c1-2-3-4-5-6-7-8-9-10-11-19-32-31-24-18-17-23-26-21(24)16-15-20-13-12-14-22(25(20)26)27(29)28(23)30/h12-18H,2-11,19H2,1H3. The highest BCUT2D eigenvalue weighted by Crippen LogP contribution is 2.37. The first kappa shape index (κ1) is 22.8. The summed E-state index contributed by atoms with van der Waals surface area (Å²) in [5.41, 5.74) is -0.842. The Morgan fingerprint density at radius 3 is 2.00 bits per heavy atom. The van der Waals surface area contributed by atoms with Crippen LogP contribution in [0.3, 0.4) is 0 Å². The van der Waals surface area contributed by atoms with Crippen molar-refractivity contribution in [1.82, 2.24) is 0 Å². The lowest BCUT2D eigenvalue weighted by atomic mass is 9.93. The molecule has 0 heterocycles. The van der Waals surface area contributed by atoms with E-state index in [1.165, 1.54) is 69.8 Å². The summed E-state index contributed by atoms with van der Waals surface area (Å²) in [5, 5.41) is 4.59. The van der Waals surface area contributed by atoms with Crippen LogP contribution in [0.25, 0.3) is 32.3 Å². The van der Waals surface area contributed by atoms with E-state index in [1.54, 1.807) is 12.1 Å². The molecular formula is C28H32O3S. The lowest BCUT2D eigenvalue weighted by Gasteiger charge is -2.13. The largest absolute Gasteiger partial charge is 0.425 e. The second-order valence-electron chi connectivity index (χ2n) is 8.75. The lowest BCUT2D eigenvalue weighted by molar-refractivity contribution is 0.562. The fourth-order valence-electron chi connectivity index (χ4n) is 4.65. The zero-order valence-corrected chi connectivity index (χ0v) is 19.8. The predicted molar refractivity (Wildman–Crippen MR) is 139 cm³/mol. The van der Waals surface area contributed by atoms with Crippen molar-refractivity contribution in [2.45, 2.75) is 71.1 Å². The van der Waals surface area contributed by atoms with Crippen LogP contribution in [-0.2, 0) is 0 Å². The molecule has 0 amide bonds. The summed E-state index contributed by atoms with van der Waals surface area (Å²) in [5.74, 6) is 1.72. The molecule has 0 aliphatic carbocycles. The Morgan fingerprint density at radius 1 is 0.656 bits per heavy atom. The van der Waals surface area contributed by atoms with Crippen molar-refractivity contribution in [3.05, 3.63) is 62.9 Å². The van der Waals surface area contributed by atoms with Crippen LogP contribution in [-0.4, -0.2) is 5.75 Å². The topological polar surface area (TPSA) is 43.4 Å². The third-order valence-electron chi connectivity index (χ3n) is 6.41. The fraction of sp³-hybridized carbons (Fsp3) is 0.429. The average Bonchev–Trinajstić information content (AvgIpc) is 2.82. The van der Waals surface area contributed by atoms with Gasteiger partial charge in [-0.2, -0.15) is 0 Å². The summed E-state index contributed by atoms with van der Waals surface area (Å²) in [7, 11) is 0. The summed E-state index contributed by atoms with van der Waals surface area (Å²) in [6.45, 7) is 2.26. The SMILES string of the molecule is CCCCCCCCCCCCSOc1ccc2c(=O)c(=O)c3cccc4ccc1c2c43. The smallest absolute Gasteiger partial charge is 0.234 e. The van der Waals surface area contributed by atoms with E-state index in [-0.39, 0.29) is 0 Å². The molecule has 0 radical (unpaired) electrons. The van der Waals surface area contributed by atoms with Gasteiger partial charge in [0.1, 0.15) is 5.75 Å². The number of rotatable bonds is 13. The molecule has 32 heavy (non-hydrogen) atoms. The zero-order valence-electron chi connectivity index (χ0n) is 19.0. The van der Waals surface area contributed by atoms with Gasteiger partial charge in [-0.15, -0.1) is 0 Å². The van der Waals surface area contributed by atoms with Crippen molar-refractivity contribution in [3.8, 4) is 5.75 Å². The molecule has 0 atom stereocenters. The van der Waals surface area contributed by atoms with E-state index in [0.717, 1.165) is 39.5 Å². The van der Waals surface area contributed by atoms with Gasteiger partial charge in [0.05, 0.1) is 12.0 Å². The predicted octanol–water partition coefficient (Wildman–Crippen LogP) is 7.69. The highest BCUT2D eigenvalue weighted by Gasteiger charge is 2.17.